The predicted octanol–water partition coefficient (Wildman–Crippen LogP) is 3.36. The topological polar surface area (TPSA) is 58.4 Å². The van der Waals surface area contributed by atoms with Crippen LogP contribution in [0.5, 0.6) is 0 Å². The summed E-state index contributed by atoms with van der Waals surface area (Å²) in [7, 11) is 0. The van der Waals surface area contributed by atoms with Crippen LogP contribution in [-0.2, 0) is 4.79 Å². The first-order valence-electron chi connectivity index (χ1n) is 7.99. The zero-order valence-corrected chi connectivity index (χ0v) is 12.9. The van der Waals surface area contributed by atoms with Crippen LogP contribution in [-0.4, -0.2) is 19.0 Å². The number of rotatable bonds is 2. The Morgan fingerprint density at radius 3 is 2.52 bits per heavy atom. The van der Waals surface area contributed by atoms with E-state index in [1.807, 2.05) is 18.2 Å². The van der Waals surface area contributed by atoms with E-state index in [-0.39, 0.29) is 5.91 Å². The molecule has 0 saturated carbocycles. The summed E-state index contributed by atoms with van der Waals surface area (Å²) in [5.74, 6) is -0.0748. The van der Waals surface area contributed by atoms with Gasteiger partial charge in [0.2, 0.25) is 0 Å². The van der Waals surface area contributed by atoms with Gasteiger partial charge in [0.25, 0.3) is 5.91 Å². The third kappa shape index (κ3) is 2.57. The largest absolute Gasteiger partial charge is 0.399 e. The molecule has 2 aromatic rings. The number of hydrogen-bond donors (Lipinski definition) is 2. The fraction of sp³-hybridized carbons (Fsp3) is 0.211. The van der Waals surface area contributed by atoms with Crippen molar-refractivity contribution in [1.29, 1.82) is 0 Å². The smallest absolute Gasteiger partial charge is 0.256 e. The lowest BCUT2D eigenvalue weighted by atomic mass is 10.0. The number of nitrogens with zero attached hydrogens (tertiary/aromatic N) is 1. The average molecular weight is 305 g/mol. The third-order valence-corrected chi connectivity index (χ3v) is 4.50. The van der Waals surface area contributed by atoms with Gasteiger partial charge in [0.1, 0.15) is 0 Å². The molecule has 1 amide bonds. The maximum Gasteiger partial charge on any atom is 0.256 e. The van der Waals surface area contributed by atoms with Gasteiger partial charge in [0.15, 0.2) is 0 Å². The number of hydrogen-bond acceptors (Lipinski definition) is 3. The van der Waals surface area contributed by atoms with Crippen molar-refractivity contribution in [3.63, 3.8) is 0 Å². The monoisotopic (exact) mass is 305 g/mol. The van der Waals surface area contributed by atoms with Crippen molar-refractivity contribution in [1.82, 2.24) is 0 Å². The van der Waals surface area contributed by atoms with E-state index in [1.165, 1.54) is 18.5 Å². The van der Waals surface area contributed by atoms with Gasteiger partial charge < -0.3 is 16.0 Å². The summed E-state index contributed by atoms with van der Waals surface area (Å²) in [5, 5.41) is 2.88. The number of nitrogens with two attached hydrogens (primary N) is 1. The average Bonchev–Trinajstić information content (AvgIpc) is 3.18. The Labute approximate surface area is 135 Å². The summed E-state index contributed by atoms with van der Waals surface area (Å²) in [4.78, 5) is 14.6. The molecule has 2 aliphatic rings. The number of fused-ring (bicyclic) bond motifs is 1. The molecule has 0 radical (unpaired) electrons. The fourth-order valence-electron chi connectivity index (χ4n) is 3.27. The third-order valence-electron chi connectivity index (χ3n) is 4.50. The summed E-state index contributed by atoms with van der Waals surface area (Å²) >= 11 is 0. The van der Waals surface area contributed by atoms with Crippen LogP contribution in [0.1, 0.15) is 24.0 Å². The molecule has 4 heteroatoms. The van der Waals surface area contributed by atoms with Crippen molar-refractivity contribution >= 4 is 34.6 Å². The Morgan fingerprint density at radius 1 is 1.04 bits per heavy atom. The molecule has 0 bridgehead atoms. The molecule has 2 heterocycles. The highest BCUT2D eigenvalue weighted by atomic mass is 16.2. The molecule has 3 N–H and O–H groups in total. The molecule has 0 unspecified atom stereocenters. The van der Waals surface area contributed by atoms with Crippen LogP contribution in [0.3, 0.4) is 0 Å². The number of amides is 1. The maximum absolute atomic E-state index is 12.2. The zero-order valence-electron chi connectivity index (χ0n) is 12.9. The molecular formula is C19H19N3O. The van der Waals surface area contributed by atoms with Crippen LogP contribution in [0.25, 0.3) is 11.6 Å². The number of nitrogen functional groups attached to an aromatic ring is 1. The van der Waals surface area contributed by atoms with E-state index in [1.54, 1.807) is 6.07 Å². The molecule has 2 aliphatic heterocycles. The van der Waals surface area contributed by atoms with Gasteiger partial charge in [-0.3, -0.25) is 4.79 Å². The molecule has 2 aromatic carbocycles. The van der Waals surface area contributed by atoms with E-state index in [0.29, 0.717) is 11.3 Å². The van der Waals surface area contributed by atoms with Crippen molar-refractivity contribution in [2.24, 2.45) is 0 Å². The minimum Gasteiger partial charge on any atom is -0.399 e. The van der Waals surface area contributed by atoms with Gasteiger partial charge in [-0.05, 0) is 54.8 Å². The van der Waals surface area contributed by atoms with Crippen LogP contribution in [0.15, 0.2) is 42.5 Å². The minimum atomic E-state index is -0.0748. The van der Waals surface area contributed by atoms with Crippen LogP contribution in [0.2, 0.25) is 0 Å². The summed E-state index contributed by atoms with van der Waals surface area (Å²) in [5.41, 5.74) is 11.2. The van der Waals surface area contributed by atoms with Crippen LogP contribution in [0, 0.1) is 0 Å². The first kappa shape index (κ1) is 13.9. The maximum atomic E-state index is 12.2. The summed E-state index contributed by atoms with van der Waals surface area (Å²) in [6.07, 6.45) is 4.46. The molecule has 4 nitrogen and oxygen atoms in total. The molecule has 0 atom stereocenters. The summed E-state index contributed by atoms with van der Waals surface area (Å²) in [6.45, 7) is 2.27. The Hall–Kier alpha value is -2.75. The first-order chi connectivity index (χ1) is 11.2. The van der Waals surface area contributed by atoms with E-state index in [2.05, 4.69) is 34.5 Å². The molecule has 4 rings (SSSR count). The van der Waals surface area contributed by atoms with Gasteiger partial charge in [-0.1, -0.05) is 12.1 Å². The highest BCUT2D eigenvalue weighted by molar-refractivity contribution is 6.35. The lowest BCUT2D eigenvalue weighted by Gasteiger charge is -2.17. The van der Waals surface area contributed by atoms with Crippen molar-refractivity contribution < 1.29 is 4.79 Å². The van der Waals surface area contributed by atoms with E-state index >= 15 is 0 Å². The van der Waals surface area contributed by atoms with Gasteiger partial charge in [-0.2, -0.15) is 0 Å². The molecule has 0 aromatic heterocycles. The van der Waals surface area contributed by atoms with Crippen molar-refractivity contribution in [2.45, 2.75) is 12.8 Å². The molecule has 0 aliphatic carbocycles. The molecule has 1 saturated heterocycles. The normalized spacial score (nSPS) is 18.3. The highest BCUT2D eigenvalue weighted by Gasteiger charge is 2.24. The lowest BCUT2D eigenvalue weighted by molar-refractivity contribution is -0.110. The second kappa shape index (κ2) is 5.47. The summed E-state index contributed by atoms with van der Waals surface area (Å²) < 4.78 is 0. The predicted molar refractivity (Wildman–Crippen MR) is 95.2 cm³/mol. The molecule has 23 heavy (non-hydrogen) atoms. The van der Waals surface area contributed by atoms with Crippen molar-refractivity contribution in [3.05, 3.63) is 53.6 Å². The Balaban J connectivity index is 1.65. The lowest BCUT2D eigenvalue weighted by Crippen LogP contribution is -2.17. The fourth-order valence-corrected chi connectivity index (χ4v) is 3.27. The van der Waals surface area contributed by atoms with Gasteiger partial charge in [0, 0.05) is 41.3 Å². The molecule has 0 spiro atoms. The van der Waals surface area contributed by atoms with Crippen LogP contribution >= 0.6 is 0 Å². The quantitative estimate of drug-likeness (QED) is 0.660. The van der Waals surface area contributed by atoms with Crippen molar-refractivity contribution in [3.8, 4) is 0 Å². The zero-order chi connectivity index (χ0) is 15.8. The molecule has 1 fully saturated rings. The Morgan fingerprint density at radius 2 is 1.78 bits per heavy atom. The number of carbonyl (C=O) groups excluding carboxylic acids is 1. The second-order valence-electron chi connectivity index (χ2n) is 6.10. The number of carbonyl (C=O) groups is 1. The van der Waals surface area contributed by atoms with Gasteiger partial charge in [0.05, 0.1) is 0 Å². The van der Waals surface area contributed by atoms with Gasteiger partial charge in [-0.15, -0.1) is 0 Å². The molecular weight excluding hydrogens is 286 g/mol. The van der Waals surface area contributed by atoms with E-state index < -0.39 is 0 Å². The number of anilines is 3. The van der Waals surface area contributed by atoms with E-state index in [0.717, 1.165) is 29.9 Å². The van der Waals surface area contributed by atoms with Gasteiger partial charge >= 0.3 is 0 Å². The summed E-state index contributed by atoms with van der Waals surface area (Å²) in [6, 6.07) is 13.9. The first-order valence-corrected chi connectivity index (χ1v) is 7.99. The Kier molecular flexibility index (Phi) is 3.30. The van der Waals surface area contributed by atoms with E-state index in [9.17, 15) is 4.79 Å². The number of benzene rings is 2. The van der Waals surface area contributed by atoms with Crippen LogP contribution < -0.4 is 16.0 Å². The van der Waals surface area contributed by atoms with E-state index in [4.69, 9.17) is 5.73 Å². The van der Waals surface area contributed by atoms with Crippen molar-refractivity contribution in [2.75, 3.05) is 29.0 Å². The SMILES string of the molecule is Nc1ccc2c(c1)/C(=C/c1ccc(N3CCCC3)cc1)C(=O)N2. The minimum absolute atomic E-state index is 0.0748. The van der Waals surface area contributed by atoms with Gasteiger partial charge in [-0.25, -0.2) is 0 Å². The number of nitrogens with one attached hydrogen (secondary N) is 1. The Bertz CT molecular complexity index is 787. The van der Waals surface area contributed by atoms with Crippen LogP contribution in [0.4, 0.5) is 17.1 Å². The highest BCUT2D eigenvalue weighted by Crippen LogP contribution is 2.34. The standard InChI is InChI=1S/C19H19N3O/c20-14-5-8-18-16(12-14)17(19(23)21-18)11-13-3-6-15(7-4-13)22-9-1-2-10-22/h3-8,11-12H,1-2,9-10,20H2,(H,21,23)/b17-11-. The second-order valence-corrected chi connectivity index (χ2v) is 6.10. The molecule has 116 valence electrons.